The number of aromatic nitrogens is 1. The van der Waals surface area contributed by atoms with E-state index in [1.807, 2.05) is 24.3 Å². The van der Waals surface area contributed by atoms with Crippen molar-refractivity contribution in [3.63, 3.8) is 0 Å². The highest BCUT2D eigenvalue weighted by atomic mass is 32.2. The quantitative estimate of drug-likeness (QED) is 0.823. The van der Waals surface area contributed by atoms with Crippen molar-refractivity contribution in [1.82, 2.24) is 3.97 Å². The summed E-state index contributed by atoms with van der Waals surface area (Å²) in [7, 11) is -3.36. The van der Waals surface area contributed by atoms with E-state index < -0.39 is 10.0 Å². The molecule has 0 radical (unpaired) electrons. The molecular weight excluding hydrogens is 284 g/mol. The van der Waals surface area contributed by atoms with E-state index in [1.165, 1.54) is 10.2 Å². The Kier molecular flexibility index (Phi) is 4.69. The minimum atomic E-state index is -3.36. The van der Waals surface area contributed by atoms with Crippen molar-refractivity contribution in [2.24, 2.45) is 0 Å². The first-order valence-electron chi connectivity index (χ1n) is 7.19. The molecule has 112 valence electrons. The fraction of sp³-hybridized carbons (Fsp3) is 0.438. The Morgan fingerprint density at radius 1 is 1.24 bits per heavy atom. The minimum Gasteiger partial charge on any atom is -0.242 e. The van der Waals surface area contributed by atoms with Crippen LogP contribution >= 0.6 is 0 Å². The van der Waals surface area contributed by atoms with Crippen molar-refractivity contribution in [1.29, 1.82) is 5.26 Å². The van der Waals surface area contributed by atoms with Gasteiger partial charge in [0.2, 0.25) is 10.0 Å². The topological polar surface area (TPSA) is 62.9 Å². The number of hydrogen-bond acceptors (Lipinski definition) is 3. The SMILES string of the molecule is CCCCc1c(CCC#N)c2ccccc2n1S(C)(=O)=O. The molecule has 1 aromatic heterocycles. The van der Waals surface area contributed by atoms with Gasteiger partial charge in [-0.25, -0.2) is 12.4 Å². The number of para-hydroxylation sites is 1. The van der Waals surface area contributed by atoms with Crippen LogP contribution in [0.1, 0.15) is 37.4 Å². The number of hydrogen-bond donors (Lipinski definition) is 0. The van der Waals surface area contributed by atoms with E-state index in [4.69, 9.17) is 5.26 Å². The minimum absolute atomic E-state index is 0.400. The number of benzene rings is 1. The molecule has 0 saturated carbocycles. The molecular formula is C16H20N2O2S. The fourth-order valence-corrected chi connectivity index (χ4v) is 3.88. The van der Waals surface area contributed by atoms with Gasteiger partial charge in [-0.3, -0.25) is 0 Å². The zero-order chi connectivity index (χ0) is 15.5. The molecule has 2 aromatic rings. The first-order valence-corrected chi connectivity index (χ1v) is 9.04. The third kappa shape index (κ3) is 3.11. The summed E-state index contributed by atoms with van der Waals surface area (Å²) >= 11 is 0. The molecule has 21 heavy (non-hydrogen) atoms. The van der Waals surface area contributed by atoms with Crippen molar-refractivity contribution in [2.75, 3.05) is 6.26 Å². The third-order valence-corrected chi connectivity index (χ3v) is 4.71. The standard InChI is InChI=1S/C16H20N2O2S/c1-3-4-10-15-14(9-7-12-17)13-8-5-6-11-16(13)18(15)21(2,19)20/h5-6,8,11H,3-4,7,9-10H2,1-2H3. The molecule has 0 unspecified atom stereocenters. The van der Waals surface area contributed by atoms with Crippen LogP contribution in [0.3, 0.4) is 0 Å². The maximum absolute atomic E-state index is 12.2. The summed E-state index contributed by atoms with van der Waals surface area (Å²) in [5.74, 6) is 0. The smallest absolute Gasteiger partial charge is 0.236 e. The van der Waals surface area contributed by atoms with E-state index in [0.29, 0.717) is 12.8 Å². The largest absolute Gasteiger partial charge is 0.242 e. The Bertz CT molecular complexity index is 782. The summed E-state index contributed by atoms with van der Waals surface area (Å²) < 4.78 is 25.9. The molecule has 0 fully saturated rings. The molecule has 0 spiro atoms. The fourth-order valence-electron chi connectivity index (χ4n) is 2.76. The lowest BCUT2D eigenvalue weighted by Gasteiger charge is -2.09. The van der Waals surface area contributed by atoms with Crippen LogP contribution in [0.15, 0.2) is 24.3 Å². The van der Waals surface area contributed by atoms with Crippen molar-refractivity contribution in [3.05, 3.63) is 35.5 Å². The van der Waals surface area contributed by atoms with Gasteiger partial charge in [-0.15, -0.1) is 0 Å². The lowest BCUT2D eigenvalue weighted by molar-refractivity contribution is 0.591. The van der Waals surface area contributed by atoms with Crippen LogP contribution in [-0.2, 0) is 22.9 Å². The van der Waals surface area contributed by atoms with Crippen LogP contribution in [0.5, 0.6) is 0 Å². The molecule has 0 bridgehead atoms. The molecule has 0 atom stereocenters. The summed E-state index contributed by atoms with van der Waals surface area (Å²) in [4.78, 5) is 0. The molecule has 1 aromatic carbocycles. The van der Waals surface area contributed by atoms with Gasteiger partial charge in [-0.2, -0.15) is 5.26 Å². The van der Waals surface area contributed by atoms with Gasteiger partial charge in [-0.1, -0.05) is 31.5 Å². The predicted molar refractivity (Wildman–Crippen MR) is 84.7 cm³/mol. The molecule has 0 N–H and O–H groups in total. The Balaban J connectivity index is 2.75. The van der Waals surface area contributed by atoms with Crippen molar-refractivity contribution >= 4 is 20.9 Å². The number of rotatable bonds is 6. The van der Waals surface area contributed by atoms with E-state index >= 15 is 0 Å². The van der Waals surface area contributed by atoms with Crippen molar-refractivity contribution < 1.29 is 8.42 Å². The molecule has 0 aliphatic heterocycles. The number of fused-ring (bicyclic) bond motifs is 1. The number of aryl methyl sites for hydroxylation is 1. The van der Waals surface area contributed by atoms with Gasteiger partial charge in [0.15, 0.2) is 0 Å². The number of unbranched alkanes of at least 4 members (excludes halogenated alkanes) is 1. The Morgan fingerprint density at radius 3 is 2.57 bits per heavy atom. The van der Waals surface area contributed by atoms with Gasteiger partial charge in [0.25, 0.3) is 0 Å². The normalized spacial score (nSPS) is 11.7. The van der Waals surface area contributed by atoms with E-state index in [1.54, 1.807) is 0 Å². The van der Waals surface area contributed by atoms with E-state index in [0.717, 1.165) is 41.4 Å². The van der Waals surface area contributed by atoms with Gasteiger partial charge in [0, 0.05) is 17.5 Å². The van der Waals surface area contributed by atoms with Crippen molar-refractivity contribution in [3.8, 4) is 6.07 Å². The molecule has 4 nitrogen and oxygen atoms in total. The number of nitrogens with zero attached hydrogens (tertiary/aromatic N) is 2. The number of nitriles is 1. The zero-order valence-corrected chi connectivity index (χ0v) is 13.3. The average Bonchev–Trinajstić information content (AvgIpc) is 2.76. The first kappa shape index (κ1) is 15.6. The summed E-state index contributed by atoms with van der Waals surface area (Å²) in [6, 6.07) is 9.69. The Hall–Kier alpha value is -1.80. The van der Waals surface area contributed by atoms with Crippen LogP contribution in [-0.4, -0.2) is 18.6 Å². The third-order valence-electron chi connectivity index (χ3n) is 3.63. The second-order valence-electron chi connectivity index (χ2n) is 5.23. The first-order chi connectivity index (χ1) is 10.0. The lowest BCUT2D eigenvalue weighted by atomic mass is 10.0. The average molecular weight is 304 g/mol. The van der Waals surface area contributed by atoms with Gasteiger partial charge >= 0.3 is 0 Å². The highest BCUT2D eigenvalue weighted by Gasteiger charge is 2.21. The molecule has 0 aliphatic carbocycles. The van der Waals surface area contributed by atoms with Gasteiger partial charge in [-0.05, 0) is 30.9 Å². The van der Waals surface area contributed by atoms with Crippen LogP contribution < -0.4 is 0 Å². The highest BCUT2D eigenvalue weighted by molar-refractivity contribution is 7.89. The zero-order valence-electron chi connectivity index (χ0n) is 12.5. The van der Waals surface area contributed by atoms with Crippen LogP contribution in [0.4, 0.5) is 0 Å². The summed E-state index contributed by atoms with van der Waals surface area (Å²) in [6.45, 7) is 2.09. The van der Waals surface area contributed by atoms with Crippen LogP contribution in [0.25, 0.3) is 10.9 Å². The summed E-state index contributed by atoms with van der Waals surface area (Å²) in [6.07, 6.45) is 4.89. The maximum Gasteiger partial charge on any atom is 0.236 e. The van der Waals surface area contributed by atoms with E-state index in [2.05, 4.69) is 13.0 Å². The lowest BCUT2D eigenvalue weighted by Crippen LogP contribution is -2.14. The van der Waals surface area contributed by atoms with Crippen molar-refractivity contribution in [2.45, 2.75) is 39.0 Å². The second-order valence-corrected chi connectivity index (χ2v) is 7.06. The highest BCUT2D eigenvalue weighted by Crippen LogP contribution is 2.30. The molecule has 2 rings (SSSR count). The monoisotopic (exact) mass is 304 g/mol. The van der Waals surface area contributed by atoms with E-state index in [9.17, 15) is 8.42 Å². The van der Waals surface area contributed by atoms with E-state index in [-0.39, 0.29) is 0 Å². The molecule has 0 saturated heterocycles. The summed E-state index contributed by atoms with van der Waals surface area (Å²) in [5, 5.41) is 9.81. The summed E-state index contributed by atoms with van der Waals surface area (Å²) in [5.41, 5.74) is 2.57. The maximum atomic E-state index is 12.2. The van der Waals surface area contributed by atoms with Gasteiger partial charge in [0.05, 0.1) is 17.8 Å². The van der Waals surface area contributed by atoms with Crippen LogP contribution in [0.2, 0.25) is 0 Å². The molecule has 1 heterocycles. The van der Waals surface area contributed by atoms with Crippen LogP contribution in [0, 0.1) is 11.3 Å². The second kappa shape index (κ2) is 6.31. The Labute approximate surface area is 126 Å². The Morgan fingerprint density at radius 2 is 1.95 bits per heavy atom. The predicted octanol–water partition coefficient (Wildman–Crippen LogP) is 3.25. The molecule has 5 heteroatoms. The molecule has 0 amide bonds. The van der Waals surface area contributed by atoms with Gasteiger partial charge in [0.1, 0.15) is 0 Å². The van der Waals surface area contributed by atoms with Gasteiger partial charge < -0.3 is 0 Å². The molecule has 0 aliphatic rings.